The fourth-order valence-corrected chi connectivity index (χ4v) is 3.34. The topological polar surface area (TPSA) is 29.1 Å². The van der Waals surface area contributed by atoms with E-state index in [9.17, 15) is 4.79 Å². The number of aryl methyl sites for hydroxylation is 1. The summed E-state index contributed by atoms with van der Waals surface area (Å²) in [6, 6.07) is 12.5. The molecule has 0 amide bonds. The fraction of sp³-hybridized carbons (Fsp3) is 0.312. The zero-order chi connectivity index (χ0) is 13.1. The zero-order valence-electron chi connectivity index (χ0n) is 10.8. The van der Waals surface area contributed by atoms with Crippen LogP contribution in [0.15, 0.2) is 41.8 Å². The van der Waals surface area contributed by atoms with Gasteiger partial charge in [-0.25, -0.2) is 0 Å². The van der Waals surface area contributed by atoms with Crippen molar-refractivity contribution >= 4 is 22.8 Å². The van der Waals surface area contributed by atoms with Gasteiger partial charge in [0, 0.05) is 35.9 Å². The Labute approximate surface area is 117 Å². The zero-order valence-corrected chi connectivity index (χ0v) is 11.6. The van der Waals surface area contributed by atoms with Gasteiger partial charge in [0.1, 0.15) is 5.78 Å². The summed E-state index contributed by atoms with van der Waals surface area (Å²) >= 11 is 1.73. The van der Waals surface area contributed by atoms with Crippen LogP contribution in [0.3, 0.4) is 0 Å². The van der Waals surface area contributed by atoms with Crippen LogP contribution in [0.4, 0.5) is 5.69 Å². The maximum absolute atomic E-state index is 12.1. The SMILES string of the molecule is O=C(CCc1cccs1)CC1CNc2ccccc21. The Morgan fingerprint density at radius 3 is 3.00 bits per heavy atom. The quantitative estimate of drug-likeness (QED) is 0.895. The Morgan fingerprint density at radius 2 is 2.16 bits per heavy atom. The molecule has 3 heteroatoms. The smallest absolute Gasteiger partial charge is 0.133 e. The van der Waals surface area contributed by atoms with Gasteiger partial charge in [0.25, 0.3) is 0 Å². The van der Waals surface area contributed by atoms with E-state index in [1.165, 1.54) is 16.1 Å². The molecule has 0 bridgehead atoms. The maximum Gasteiger partial charge on any atom is 0.133 e. The maximum atomic E-state index is 12.1. The first-order valence-electron chi connectivity index (χ1n) is 6.70. The first-order chi connectivity index (χ1) is 9.33. The van der Waals surface area contributed by atoms with Crippen LogP contribution in [0, 0.1) is 0 Å². The van der Waals surface area contributed by atoms with Crippen molar-refractivity contribution in [3.63, 3.8) is 0 Å². The number of thiophene rings is 1. The number of fused-ring (bicyclic) bond motifs is 1. The Morgan fingerprint density at radius 1 is 1.26 bits per heavy atom. The standard InChI is InChI=1S/C16H17NOS/c18-13(7-8-14-4-3-9-19-14)10-12-11-17-16-6-2-1-5-15(12)16/h1-6,9,12,17H,7-8,10-11H2. The number of carbonyl (C=O) groups is 1. The van der Waals surface area contributed by atoms with Gasteiger partial charge in [-0.15, -0.1) is 11.3 Å². The highest BCUT2D eigenvalue weighted by Gasteiger charge is 2.23. The van der Waals surface area contributed by atoms with Crippen LogP contribution in [0.25, 0.3) is 0 Å². The van der Waals surface area contributed by atoms with Gasteiger partial charge in [0.2, 0.25) is 0 Å². The Hall–Kier alpha value is -1.61. The lowest BCUT2D eigenvalue weighted by molar-refractivity contribution is -0.119. The summed E-state index contributed by atoms with van der Waals surface area (Å²) in [6.07, 6.45) is 2.22. The highest BCUT2D eigenvalue weighted by Crippen LogP contribution is 2.33. The average molecular weight is 271 g/mol. The first kappa shape index (κ1) is 12.4. The number of para-hydroxylation sites is 1. The van der Waals surface area contributed by atoms with Gasteiger partial charge in [-0.1, -0.05) is 24.3 Å². The molecule has 2 nitrogen and oxygen atoms in total. The van der Waals surface area contributed by atoms with Crippen molar-refractivity contribution in [2.24, 2.45) is 0 Å². The molecule has 1 unspecified atom stereocenters. The van der Waals surface area contributed by atoms with Gasteiger partial charge in [-0.2, -0.15) is 0 Å². The lowest BCUT2D eigenvalue weighted by atomic mass is 9.94. The molecule has 0 saturated heterocycles. The summed E-state index contributed by atoms with van der Waals surface area (Å²) in [7, 11) is 0. The summed E-state index contributed by atoms with van der Waals surface area (Å²) in [6.45, 7) is 0.893. The van der Waals surface area contributed by atoms with Gasteiger partial charge < -0.3 is 5.32 Å². The predicted octanol–water partition coefficient (Wildman–Crippen LogP) is 3.85. The molecule has 1 aromatic carbocycles. The lowest BCUT2D eigenvalue weighted by Gasteiger charge is -2.08. The van der Waals surface area contributed by atoms with Crippen molar-refractivity contribution in [1.29, 1.82) is 0 Å². The molecule has 98 valence electrons. The number of carbonyl (C=O) groups excluding carboxylic acids is 1. The van der Waals surface area contributed by atoms with Gasteiger partial charge in [0.05, 0.1) is 0 Å². The minimum Gasteiger partial charge on any atom is -0.384 e. The van der Waals surface area contributed by atoms with Gasteiger partial charge >= 0.3 is 0 Å². The third-order valence-corrected chi connectivity index (χ3v) is 4.58. The van der Waals surface area contributed by atoms with E-state index < -0.39 is 0 Å². The van der Waals surface area contributed by atoms with E-state index in [1.54, 1.807) is 11.3 Å². The van der Waals surface area contributed by atoms with Crippen LogP contribution in [0.2, 0.25) is 0 Å². The van der Waals surface area contributed by atoms with E-state index in [4.69, 9.17) is 0 Å². The lowest BCUT2D eigenvalue weighted by Crippen LogP contribution is -2.09. The normalized spacial score (nSPS) is 16.9. The number of ketones is 1. The van der Waals surface area contributed by atoms with Gasteiger partial charge in [-0.3, -0.25) is 4.79 Å². The van der Waals surface area contributed by atoms with E-state index in [0.29, 0.717) is 24.5 Å². The summed E-state index contributed by atoms with van der Waals surface area (Å²) in [5.41, 5.74) is 2.49. The van der Waals surface area contributed by atoms with Crippen LogP contribution in [0.5, 0.6) is 0 Å². The number of anilines is 1. The largest absolute Gasteiger partial charge is 0.384 e. The minimum absolute atomic E-state index is 0.354. The molecule has 2 aromatic rings. The van der Waals surface area contributed by atoms with Crippen LogP contribution < -0.4 is 5.32 Å². The van der Waals surface area contributed by atoms with E-state index in [1.807, 2.05) is 12.1 Å². The molecular formula is C16H17NOS. The molecule has 2 heterocycles. The first-order valence-corrected chi connectivity index (χ1v) is 7.58. The van der Waals surface area contributed by atoms with Crippen molar-refractivity contribution in [1.82, 2.24) is 0 Å². The monoisotopic (exact) mass is 271 g/mol. The molecule has 3 rings (SSSR count). The van der Waals surface area contributed by atoms with Crippen LogP contribution >= 0.6 is 11.3 Å². The molecule has 0 aliphatic carbocycles. The summed E-state index contributed by atoms with van der Waals surface area (Å²) in [5, 5.41) is 5.44. The number of hydrogen-bond donors (Lipinski definition) is 1. The highest BCUT2D eigenvalue weighted by atomic mass is 32.1. The average Bonchev–Trinajstić information content (AvgIpc) is 3.07. The molecule has 0 spiro atoms. The minimum atomic E-state index is 0.354. The third kappa shape index (κ3) is 2.87. The molecule has 1 aliphatic heterocycles. The number of nitrogens with one attached hydrogen (secondary N) is 1. The summed E-state index contributed by atoms with van der Waals surface area (Å²) < 4.78 is 0. The molecule has 1 aromatic heterocycles. The van der Waals surface area contributed by atoms with Gasteiger partial charge in [-0.05, 0) is 29.5 Å². The Kier molecular flexibility index (Phi) is 3.65. The van der Waals surface area contributed by atoms with Crippen molar-refractivity contribution in [2.45, 2.75) is 25.2 Å². The highest BCUT2D eigenvalue weighted by molar-refractivity contribution is 7.09. The molecule has 1 N–H and O–H groups in total. The van der Waals surface area contributed by atoms with E-state index in [0.717, 1.165) is 13.0 Å². The molecule has 0 fully saturated rings. The molecule has 0 radical (unpaired) electrons. The fourth-order valence-electron chi connectivity index (χ4n) is 2.63. The van der Waals surface area contributed by atoms with Crippen molar-refractivity contribution in [3.8, 4) is 0 Å². The van der Waals surface area contributed by atoms with Crippen LogP contribution in [-0.2, 0) is 11.2 Å². The molecule has 19 heavy (non-hydrogen) atoms. The van der Waals surface area contributed by atoms with E-state index in [-0.39, 0.29) is 0 Å². The van der Waals surface area contributed by atoms with Crippen molar-refractivity contribution in [2.75, 3.05) is 11.9 Å². The summed E-state index contributed by atoms with van der Waals surface area (Å²) in [5.74, 6) is 0.726. The molecule has 1 aliphatic rings. The summed E-state index contributed by atoms with van der Waals surface area (Å²) in [4.78, 5) is 13.4. The second kappa shape index (κ2) is 5.57. The Balaban J connectivity index is 1.56. The number of Topliss-reactive ketones (excluding diaryl/α,β-unsaturated/α-hetero) is 1. The van der Waals surface area contributed by atoms with E-state index in [2.05, 4.69) is 35.0 Å². The van der Waals surface area contributed by atoms with Gasteiger partial charge in [0.15, 0.2) is 0 Å². The molecular weight excluding hydrogens is 254 g/mol. The number of benzene rings is 1. The third-order valence-electron chi connectivity index (χ3n) is 3.64. The number of rotatable bonds is 5. The van der Waals surface area contributed by atoms with Crippen LogP contribution in [0.1, 0.15) is 29.2 Å². The molecule has 0 saturated carbocycles. The predicted molar refractivity (Wildman–Crippen MR) is 79.9 cm³/mol. The second-order valence-corrected chi connectivity index (χ2v) is 6.02. The molecule has 1 atom stereocenters. The second-order valence-electron chi connectivity index (χ2n) is 4.99. The van der Waals surface area contributed by atoms with Crippen molar-refractivity contribution < 1.29 is 4.79 Å². The Bertz CT molecular complexity index is 562. The van der Waals surface area contributed by atoms with E-state index >= 15 is 0 Å². The van der Waals surface area contributed by atoms with Crippen LogP contribution in [-0.4, -0.2) is 12.3 Å². The number of hydrogen-bond acceptors (Lipinski definition) is 3. The van der Waals surface area contributed by atoms with Crippen molar-refractivity contribution in [3.05, 3.63) is 52.2 Å².